The van der Waals surface area contributed by atoms with Gasteiger partial charge in [-0.2, -0.15) is 5.26 Å². The lowest BCUT2D eigenvalue weighted by Gasteiger charge is -2.03. The van der Waals surface area contributed by atoms with Gasteiger partial charge in [0.2, 0.25) is 0 Å². The standard InChI is InChI=1S/C16H26N2S/c1-2-3-4-5-6-7-8-9-10-18-13-16-11-15(12-17)14-19-16/h11,14,18H,2-10,13H2,1H3. The maximum Gasteiger partial charge on any atom is 0.100 e. The maximum atomic E-state index is 8.73. The van der Waals surface area contributed by atoms with Crippen LogP contribution in [0.4, 0.5) is 0 Å². The van der Waals surface area contributed by atoms with E-state index in [1.54, 1.807) is 11.3 Å². The highest BCUT2D eigenvalue weighted by Crippen LogP contribution is 2.13. The van der Waals surface area contributed by atoms with Crippen LogP contribution in [0.2, 0.25) is 0 Å². The molecular weight excluding hydrogens is 252 g/mol. The summed E-state index contributed by atoms with van der Waals surface area (Å²) in [6, 6.07) is 4.15. The Morgan fingerprint density at radius 3 is 2.42 bits per heavy atom. The fraction of sp³-hybridized carbons (Fsp3) is 0.688. The third-order valence-corrected chi connectivity index (χ3v) is 4.23. The second-order valence-corrected chi connectivity index (χ2v) is 6.06. The lowest BCUT2D eigenvalue weighted by molar-refractivity contribution is 0.556. The Hall–Kier alpha value is -0.850. The number of rotatable bonds is 11. The Morgan fingerprint density at radius 1 is 1.11 bits per heavy atom. The first-order valence-electron chi connectivity index (χ1n) is 7.55. The van der Waals surface area contributed by atoms with Crippen molar-refractivity contribution < 1.29 is 0 Å². The monoisotopic (exact) mass is 278 g/mol. The van der Waals surface area contributed by atoms with Crippen LogP contribution >= 0.6 is 11.3 Å². The van der Waals surface area contributed by atoms with E-state index >= 15 is 0 Å². The summed E-state index contributed by atoms with van der Waals surface area (Å²) in [6.45, 7) is 4.26. The number of nitrogens with one attached hydrogen (secondary N) is 1. The molecule has 1 aromatic rings. The topological polar surface area (TPSA) is 35.8 Å². The van der Waals surface area contributed by atoms with Crippen molar-refractivity contribution in [3.8, 4) is 6.07 Å². The number of nitriles is 1. The van der Waals surface area contributed by atoms with Gasteiger partial charge in [0.15, 0.2) is 0 Å². The second-order valence-electron chi connectivity index (χ2n) is 5.07. The average Bonchev–Trinajstić information content (AvgIpc) is 2.89. The number of hydrogen-bond donors (Lipinski definition) is 1. The third-order valence-electron chi connectivity index (χ3n) is 3.29. The molecule has 0 atom stereocenters. The minimum atomic E-state index is 0.786. The molecule has 2 nitrogen and oxygen atoms in total. The molecule has 0 saturated heterocycles. The first-order valence-corrected chi connectivity index (χ1v) is 8.43. The van der Waals surface area contributed by atoms with E-state index in [0.29, 0.717) is 0 Å². The zero-order chi connectivity index (χ0) is 13.8. The zero-order valence-electron chi connectivity index (χ0n) is 12.1. The Kier molecular flexibility index (Phi) is 9.40. The van der Waals surface area contributed by atoms with Gasteiger partial charge in [0.05, 0.1) is 5.56 Å². The van der Waals surface area contributed by atoms with Crippen molar-refractivity contribution in [1.29, 1.82) is 5.26 Å². The molecule has 1 rings (SSSR count). The van der Waals surface area contributed by atoms with Crippen LogP contribution < -0.4 is 5.32 Å². The normalized spacial score (nSPS) is 10.5. The van der Waals surface area contributed by atoms with Gasteiger partial charge in [0.1, 0.15) is 6.07 Å². The summed E-state index contributed by atoms with van der Waals surface area (Å²) in [5.41, 5.74) is 0.786. The van der Waals surface area contributed by atoms with Crippen molar-refractivity contribution in [3.05, 3.63) is 21.9 Å². The van der Waals surface area contributed by atoms with Crippen molar-refractivity contribution in [1.82, 2.24) is 5.32 Å². The average molecular weight is 278 g/mol. The fourth-order valence-corrected chi connectivity index (χ4v) is 2.91. The lowest BCUT2D eigenvalue weighted by atomic mass is 10.1. The van der Waals surface area contributed by atoms with Crippen LogP contribution in [0, 0.1) is 11.3 Å². The van der Waals surface area contributed by atoms with Crippen molar-refractivity contribution in [3.63, 3.8) is 0 Å². The Bertz CT molecular complexity index is 365. The third kappa shape index (κ3) is 8.02. The van der Waals surface area contributed by atoms with Gasteiger partial charge in [-0.1, -0.05) is 51.9 Å². The van der Waals surface area contributed by atoms with E-state index in [2.05, 4.69) is 18.3 Å². The minimum Gasteiger partial charge on any atom is -0.312 e. The second kappa shape index (κ2) is 11.0. The van der Waals surface area contributed by atoms with Crippen LogP contribution in [-0.2, 0) is 6.54 Å². The molecule has 0 spiro atoms. The molecule has 0 aliphatic carbocycles. The highest BCUT2D eigenvalue weighted by atomic mass is 32.1. The predicted octanol–water partition coefficient (Wildman–Crippen LogP) is 4.85. The van der Waals surface area contributed by atoms with Crippen molar-refractivity contribution in [2.75, 3.05) is 6.54 Å². The Labute approximate surface area is 121 Å². The van der Waals surface area contributed by atoms with E-state index < -0.39 is 0 Å². The van der Waals surface area contributed by atoms with Gasteiger partial charge in [-0.15, -0.1) is 11.3 Å². The van der Waals surface area contributed by atoms with Crippen molar-refractivity contribution in [2.45, 2.75) is 64.8 Å². The lowest BCUT2D eigenvalue weighted by Crippen LogP contribution is -2.13. The van der Waals surface area contributed by atoms with E-state index in [1.807, 2.05) is 11.4 Å². The smallest absolute Gasteiger partial charge is 0.100 e. The molecule has 0 saturated carbocycles. The molecule has 1 N–H and O–H groups in total. The first kappa shape index (κ1) is 16.2. The quantitative estimate of drug-likeness (QED) is 0.587. The summed E-state index contributed by atoms with van der Waals surface area (Å²) < 4.78 is 0. The maximum absolute atomic E-state index is 8.73. The molecular formula is C16H26N2S. The van der Waals surface area contributed by atoms with Crippen LogP contribution in [0.3, 0.4) is 0 Å². The summed E-state index contributed by atoms with van der Waals surface area (Å²) in [5.74, 6) is 0. The van der Waals surface area contributed by atoms with Gasteiger partial charge in [-0.3, -0.25) is 0 Å². The summed E-state index contributed by atoms with van der Waals surface area (Å²) in [6.07, 6.45) is 10.9. The summed E-state index contributed by atoms with van der Waals surface area (Å²) in [5, 5.41) is 14.1. The van der Waals surface area contributed by atoms with E-state index in [0.717, 1.165) is 18.7 Å². The number of hydrogen-bond acceptors (Lipinski definition) is 3. The molecule has 106 valence electrons. The highest BCUT2D eigenvalue weighted by Gasteiger charge is 1.98. The molecule has 0 aliphatic rings. The molecule has 0 radical (unpaired) electrons. The molecule has 0 aromatic carbocycles. The molecule has 1 aromatic heterocycles. The van der Waals surface area contributed by atoms with E-state index in [-0.39, 0.29) is 0 Å². The summed E-state index contributed by atoms with van der Waals surface area (Å²) in [4.78, 5) is 1.26. The highest BCUT2D eigenvalue weighted by molar-refractivity contribution is 7.10. The van der Waals surface area contributed by atoms with Crippen LogP contribution in [0.15, 0.2) is 11.4 Å². The molecule has 0 aliphatic heterocycles. The van der Waals surface area contributed by atoms with Crippen molar-refractivity contribution in [2.24, 2.45) is 0 Å². The van der Waals surface area contributed by atoms with Gasteiger partial charge in [-0.25, -0.2) is 0 Å². The van der Waals surface area contributed by atoms with Crippen LogP contribution in [0.1, 0.15) is 68.7 Å². The predicted molar refractivity (Wildman–Crippen MR) is 83.4 cm³/mol. The van der Waals surface area contributed by atoms with E-state index in [9.17, 15) is 0 Å². The molecule has 0 bridgehead atoms. The van der Waals surface area contributed by atoms with E-state index in [1.165, 1.54) is 56.2 Å². The first-order chi connectivity index (χ1) is 9.36. The van der Waals surface area contributed by atoms with Crippen molar-refractivity contribution >= 4 is 11.3 Å². The number of nitrogens with zero attached hydrogens (tertiary/aromatic N) is 1. The number of thiophene rings is 1. The van der Waals surface area contributed by atoms with Crippen LogP contribution in [0.5, 0.6) is 0 Å². The zero-order valence-corrected chi connectivity index (χ0v) is 12.9. The molecule has 3 heteroatoms. The van der Waals surface area contributed by atoms with Gasteiger partial charge >= 0.3 is 0 Å². The Morgan fingerprint density at radius 2 is 1.79 bits per heavy atom. The summed E-state index contributed by atoms with van der Waals surface area (Å²) in [7, 11) is 0. The Balaban J connectivity index is 1.87. The number of unbranched alkanes of at least 4 members (excludes halogenated alkanes) is 7. The van der Waals surface area contributed by atoms with Crippen LogP contribution in [0.25, 0.3) is 0 Å². The molecule has 0 unspecified atom stereocenters. The fourth-order valence-electron chi connectivity index (χ4n) is 2.13. The van der Waals surface area contributed by atoms with Crippen LogP contribution in [-0.4, -0.2) is 6.54 Å². The van der Waals surface area contributed by atoms with Gasteiger partial charge in [0.25, 0.3) is 0 Å². The van der Waals surface area contributed by atoms with Gasteiger partial charge in [0, 0.05) is 16.8 Å². The molecule has 0 amide bonds. The van der Waals surface area contributed by atoms with E-state index in [4.69, 9.17) is 5.26 Å². The van der Waals surface area contributed by atoms with Gasteiger partial charge in [-0.05, 0) is 19.0 Å². The largest absolute Gasteiger partial charge is 0.312 e. The molecule has 19 heavy (non-hydrogen) atoms. The molecule has 1 heterocycles. The SMILES string of the molecule is CCCCCCCCCCNCc1cc(C#N)cs1. The minimum absolute atomic E-state index is 0.786. The summed E-state index contributed by atoms with van der Waals surface area (Å²) >= 11 is 1.67. The molecule has 0 fully saturated rings. The van der Waals surface area contributed by atoms with Gasteiger partial charge < -0.3 is 5.32 Å².